The van der Waals surface area contributed by atoms with E-state index in [4.69, 9.17) is 5.73 Å². The molecule has 0 aromatic heterocycles. The van der Waals surface area contributed by atoms with Crippen LogP contribution in [-0.4, -0.2) is 28.7 Å². The Morgan fingerprint density at radius 3 is 2.58 bits per heavy atom. The summed E-state index contributed by atoms with van der Waals surface area (Å²) in [6, 6.07) is 15.8. The maximum atomic E-state index is 13.7. The molecule has 4 N–H and O–H groups in total. The average molecular weight is 420 g/mol. The maximum Gasteiger partial charge on any atom is 0.352 e. The van der Waals surface area contributed by atoms with Crippen LogP contribution in [0.2, 0.25) is 0 Å². The Morgan fingerprint density at radius 1 is 1.23 bits per heavy atom. The molecule has 1 aliphatic carbocycles. The number of hydrogen-bond donors (Lipinski definition) is 3. The van der Waals surface area contributed by atoms with Crippen LogP contribution in [0.1, 0.15) is 60.2 Å². The standard InChI is InChI=1S/C25H30N4O2/c1-16(2)14-25(19-7-5-4-6-8-19)23(31)29(24(26)28-25)15-18-10-9-17(3)21(13-18)22(30)27-20-11-12-20/h4-10,13,16,20H,11-12,14-15H2,1-3H3,(H2,26,28)(H,27,30)/p+1. The molecule has 0 saturated heterocycles. The summed E-state index contributed by atoms with van der Waals surface area (Å²) in [7, 11) is 0. The van der Waals surface area contributed by atoms with E-state index in [-0.39, 0.29) is 11.8 Å². The first-order valence-corrected chi connectivity index (χ1v) is 11.0. The van der Waals surface area contributed by atoms with Crippen molar-refractivity contribution in [3.63, 3.8) is 0 Å². The van der Waals surface area contributed by atoms with Crippen LogP contribution in [0, 0.1) is 12.8 Å². The Kier molecular flexibility index (Phi) is 5.56. The largest absolute Gasteiger partial charge is 0.352 e. The fourth-order valence-electron chi connectivity index (χ4n) is 4.31. The number of rotatable bonds is 7. The first-order valence-electron chi connectivity index (χ1n) is 11.0. The van der Waals surface area contributed by atoms with Crippen molar-refractivity contribution in [3.8, 4) is 0 Å². The number of carbonyl (C=O) groups is 2. The molecule has 2 amide bonds. The van der Waals surface area contributed by atoms with Crippen LogP contribution in [0.15, 0.2) is 48.5 Å². The summed E-state index contributed by atoms with van der Waals surface area (Å²) in [6.07, 6.45) is 2.72. The number of amides is 2. The SMILES string of the molecule is Cc1ccc(CN2C(=O)C(CC(C)C)(c3ccccc3)[NH+]=C2N)cc1C(=O)NC1CC1. The quantitative estimate of drug-likeness (QED) is 0.636. The van der Waals surface area contributed by atoms with Crippen LogP contribution >= 0.6 is 0 Å². The van der Waals surface area contributed by atoms with Gasteiger partial charge in [0.25, 0.3) is 5.91 Å². The summed E-state index contributed by atoms with van der Waals surface area (Å²) < 4.78 is 0. The van der Waals surface area contributed by atoms with Crippen molar-refractivity contribution in [3.05, 3.63) is 70.8 Å². The van der Waals surface area contributed by atoms with Gasteiger partial charge in [0.1, 0.15) is 6.54 Å². The Hall–Kier alpha value is -3.15. The van der Waals surface area contributed by atoms with Crippen LogP contribution in [0.3, 0.4) is 0 Å². The number of hydrogen-bond acceptors (Lipinski definition) is 3. The highest BCUT2D eigenvalue weighted by molar-refractivity contribution is 6.02. The molecule has 6 nitrogen and oxygen atoms in total. The number of nitrogens with zero attached hydrogens (tertiary/aromatic N) is 1. The second kappa shape index (κ2) is 8.17. The highest BCUT2D eigenvalue weighted by atomic mass is 16.2. The Balaban J connectivity index is 1.62. The van der Waals surface area contributed by atoms with Crippen molar-refractivity contribution in [1.29, 1.82) is 0 Å². The minimum absolute atomic E-state index is 0.0527. The fourth-order valence-corrected chi connectivity index (χ4v) is 4.31. The third-order valence-corrected chi connectivity index (χ3v) is 6.02. The van der Waals surface area contributed by atoms with Crippen LogP contribution in [0.5, 0.6) is 0 Å². The molecule has 1 fully saturated rings. The van der Waals surface area contributed by atoms with Gasteiger partial charge in [0.15, 0.2) is 0 Å². The zero-order valence-corrected chi connectivity index (χ0v) is 18.4. The molecule has 0 radical (unpaired) electrons. The smallest absolute Gasteiger partial charge is 0.349 e. The monoisotopic (exact) mass is 419 g/mol. The molecule has 0 spiro atoms. The summed E-state index contributed by atoms with van der Waals surface area (Å²) in [4.78, 5) is 31.2. The predicted octanol–water partition coefficient (Wildman–Crippen LogP) is 1.57. The van der Waals surface area contributed by atoms with Gasteiger partial charge < -0.3 is 5.32 Å². The normalized spacial score (nSPS) is 20.8. The van der Waals surface area contributed by atoms with E-state index in [2.05, 4.69) is 24.2 Å². The lowest BCUT2D eigenvalue weighted by atomic mass is 9.82. The molecule has 1 unspecified atom stereocenters. The van der Waals surface area contributed by atoms with Gasteiger partial charge >= 0.3 is 11.9 Å². The number of nitrogens with one attached hydrogen (secondary N) is 2. The predicted molar refractivity (Wildman–Crippen MR) is 120 cm³/mol. The van der Waals surface area contributed by atoms with Crippen molar-refractivity contribution in [2.45, 2.75) is 58.2 Å². The van der Waals surface area contributed by atoms with Gasteiger partial charge in [-0.3, -0.25) is 20.3 Å². The van der Waals surface area contributed by atoms with Crippen molar-refractivity contribution < 1.29 is 14.6 Å². The molecule has 1 aliphatic heterocycles. The topological polar surface area (TPSA) is 89.4 Å². The minimum atomic E-state index is -0.879. The van der Waals surface area contributed by atoms with E-state index in [1.807, 2.05) is 55.5 Å². The van der Waals surface area contributed by atoms with E-state index in [1.165, 1.54) is 0 Å². The zero-order valence-electron chi connectivity index (χ0n) is 18.4. The molecule has 1 heterocycles. The zero-order chi connectivity index (χ0) is 22.2. The van der Waals surface area contributed by atoms with E-state index in [0.29, 0.717) is 36.4 Å². The summed E-state index contributed by atoms with van der Waals surface area (Å²) >= 11 is 0. The third-order valence-electron chi connectivity index (χ3n) is 6.02. The van der Waals surface area contributed by atoms with Crippen LogP contribution < -0.4 is 16.0 Å². The lowest BCUT2D eigenvalue weighted by molar-refractivity contribution is -0.541. The summed E-state index contributed by atoms with van der Waals surface area (Å²) in [5.74, 6) is 0.526. The van der Waals surface area contributed by atoms with Gasteiger partial charge in [-0.25, -0.2) is 0 Å². The highest BCUT2D eigenvalue weighted by Gasteiger charge is 2.53. The molecular weight excluding hydrogens is 388 g/mol. The molecule has 1 saturated carbocycles. The molecular formula is C25H31N4O2+. The number of carbonyl (C=O) groups excluding carboxylic acids is 2. The summed E-state index contributed by atoms with van der Waals surface area (Å²) in [5.41, 5.74) is 8.82. The van der Waals surface area contributed by atoms with Gasteiger partial charge in [-0.2, -0.15) is 4.90 Å². The molecule has 2 aromatic carbocycles. The molecule has 6 heteroatoms. The molecule has 31 heavy (non-hydrogen) atoms. The number of nitrogens with two attached hydrogens (primary N) is 1. The summed E-state index contributed by atoms with van der Waals surface area (Å²) in [6.45, 7) is 6.44. The molecule has 0 bridgehead atoms. The van der Waals surface area contributed by atoms with Gasteiger partial charge in [-0.1, -0.05) is 56.3 Å². The van der Waals surface area contributed by atoms with E-state index in [1.54, 1.807) is 4.90 Å². The first kappa shape index (κ1) is 21.1. The van der Waals surface area contributed by atoms with Crippen molar-refractivity contribution in [2.75, 3.05) is 0 Å². The maximum absolute atomic E-state index is 13.7. The van der Waals surface area contributed by atoms with Gasteiger partial charge in [0.2, 0.25) is 5.54 Å². The summed E-state index contributed by atoms with van der Waals surface area (Å²) in [5, 5.41) is 3.04. The van der Waals surface area contributed by atoms with Crippen LogP contribution in [0.4, 0.5) is 0 Å². The van der Waals surface area contributed by atoms with E-state index in [9.17, 15) is 9.59 Å². The van der Waals surface area contributed by atoms with Crippen molar-refractivity contribution in [1.82, 2.24) is 10.2 Å². The number of guanidine groups is 1. The van der Waals surface area contributed by atoms with Gasteiger partial charge in [-0.05, 0) is 42.9 Å². The van der Waals surface area contributed by atoms with Gasteiger partial charge in [0.05, 0.1) is 0 Å². The lowest BCUT2D eigenvalue weighted by Gasteiger charge is -2.25. The Labute approximate surface area is 183 Å². The second-order valence-corrected chi connectivity index (χ2v) is 9.17. The van der Waals surface area contributed by atoms with Crippen molar-refractivity contribution in [2.24, 2.45) is 11.7 Å². The second-order valence-electron chi connectivity index (χ2n) is 9.17. The Morgan fingerprint density at radius 2 is 1.94 bits per heavy atom. The van der Waals surface area contributed by atoms with Crippen LogP contribution in [0.25, 0.3) is 0 Å². The van der Waals surface area contributed by atoms with E-state index in [0.717, 1.165) is 29.5 Å². The fraction of sp³-hybridized carbons (Fsp3) is 0.400. The average Bonchev–Trinajstić information content (AvgIpc) is 3.52. The minimum Gasteiger partial charge on any atom is -0.349 e. The molecule has 1 atom stereocenters. The van der Waals surface area contributed by atoms with Crippen molar-refractivity contribution >= 4 is 17.8 Å². The molecule has 162 valence electrons. The van der Waals surface area contributed by atoms with E-state index < -0.39 is 5.54 Å². The number of benzene rings is 2. The molecule has 4 rings (SSSR count). The molecule has 2 aliphatic rings. The van der Waals surface area contributed by atoms with E-state index >= 15 is 0 Å². The number of aryl methyl sites for hydroxylation is 1. The van der Waals surface area contributed by atoms with Gasteiger partial charge in [-0.15, -0.1) is 0 Å². The van der Waals surface area contributed by atoms with Crippen LogP contribution in [-0.2, 0) is 16.9 Å². The Bertz CT molecular complexity index is 1030. The van der Waals surface area contributed by atoms with Gasteiger partial charge in [0, 0.05) is 23.6 Å². The third kappa shape index (κ3) is 4.20. The highest BCUT2D eigenvalue weighted by Crippen LogP contribution is 2.30. The first-order chi connectivity index (χ1) is 14.8. The lowest BCUT2D eigenvalue weighted by Crippen LogP contribution is -2.85. The molecule has 2 aromatic rings.